The summed E-state index contributed by atoms with van der Waals surface area (Å²) in [5.74, 6) is 0.00920. The van der Waals surface area contributed by atoms with Gasteiger partial charge in [0.25, 0.3) is 0 Å². The fourth-order valence-corrected chi connectivity index (χ4v) is 3.56. The molecule has 0 aromatic heterocycles. The summed E-state index contributed by atoms with van der Waals surface area (Å²) in [5, 5.41) is 11.0. The van der Waals surface area contributed by atoms with Gasteiger partial charge in [0.05, 0.1) is 16.9 Å². The van der Waals surface area contributed by atoms with Crippen LogP contribution in [0, 0.1) is 10.1 Å². The fourth-order valence-electron chi connectivity index (χ4n) is 2.10. The highest BCUT2D eigenvalue weighted by molar-refractivity contribution is 7.89. The van der Waals surface area contributed by atoms with Crippen LogP contribution in [0.25, 0.3) is 0 Å². The molecular formula is C12H14N2O6S. The topological polar surface area (TPSA) is 107 Å². The van der Waals surface area contributed by atoms with E-state index in [4.69, 9.17) is 4.74 Å². The SMILES string of the molecule is COc1ccc(S(=O)(=O)N2CCC(=O)CC2)cc1[N+](=O)[O-]. The number of nitrogens with zero attached hydrogens (tertiary/aromatic N) is 2. The van der Waals surface area contributed by atoms with E-state index in [0.717, 1.165) is 6.07 Å². The normalized spacial score (nSPS) is 16.7. The Morgan fingerprint density at radius 1 is 1.29 bits per heavy atom. The lowest BCUT2D eigenvalue weighted by Crippen LogP contribution is -2.38. The lowest BCUT2D eigenvalue weighted by atomic mass is 10.1. The van der Waals surface area contributed by atoms with Crippen molar-refractivity contribution in [2.45, 2.75) is 17.7 Å². The molecule has 1 aliphatic rings. The number of benzene rings is 1. The van der Waals surface area contributed by atoms with Crippen molar-refractivity contribution in [3.8, 4) is 5.75 Å². The van der Waals surface area contributed by atoms with Crippen LogP contribution >= 0.6 is 0 Å². The van der Waals surface area contributed by atoms with Crippen LogP contribution in [0.2, 0.25) is 0 Å². The second kappa shape index (κ2) is 5.78. The van der Waals surface area contributed by atoms with E-state index >= 15 is 0 Å². The smallest absolute Gasteiger partial charge is 0.312 e. The molecule has 1 aliphatic heterocycles. The fraction of sp³-hybridized carbons (Fsp3) is 0.417. The number of Topliss-reactive ketones (excluding diaryl/α,β-unsaturated/α-hetero) is 1. The third-order valence-corrected chi connectivity index (χ3v) is 5.16. The molecule has 0 aliphatic carbocycles. The quantitative estimate of drug-likeness (QED) is 0.605. The molecule has 1 saturated heterocycles. The molecule has 0 radical (unpaired) electrons. The van der Waals surface area contributed by atoms with E-state index in [1.165, 1.54) is 23.5 Å². The molecule has 0 bridgehead atoms. The first-order valence-corrected chi connectivity index (χ1v) is 7.64. The van der Waals surface area contributed by atoms with Gasteiger partial charge in [0, 0.05) is 32.0 Å². The van der Waals surface area contributed by atoms with Gasteiger partial charge in [-0.1, -0.05) is 0 Å². The van der Waals surface area contributed by atoms with Gasteiger partial charge in [-0.3, -0.25) is 14.9 Å². The Hall–Kier alpha value is -2.00. The van der Waals surface area contributed by atoms with E-state index in [9.17, 15) is 23.3 Å². The molecule has 21 heavy (non-hydrogen) atoms. The molecule has 2 rings (SSSR count). The van der Waals surface area contributed by atoms with Crippen molar-refractivity contribution in [3.05, 3.63) is 28.3 Å². The van der Waals surface area contributed by atoms with Gasteiger partial charge >= 0.3 is 5.69 Å². The van der Waals surface area contributed by atoms with Crippen molar-refractivity contribution in [1.29, 1.82) is 0 Å². The summed E-state index contributed by atoms with van der Waals surface area (Å²) in [6.45, 7) is 0.196. The lowest BCUT2D eigenvalue weighted by molar-refractivity contribution is -0.386. The van der Waals surface area contributed by atoms with Crippen molar-refractivity contribution in [1.82, 2.24) is 4.31 Å². The minimum atomic E-state index is -3.85. The number of nitro benzene ring substituents is 1. The Kier molecular flexibility index (Phi) is 4.24. The average Bonchev–Trinajstić information content (AvgIpc) is 2.46. The Bertz CT molecular complexity index is 675. The minimum Gasteiger partial charge on any atom is -0.490 e. The first kappa shape index (κ1) is 15.4. The molecule has 9 heteroatoms. The zero-order valence-electron chi connectivity index (χ0n) is 11.3. The van der Waals surface area contributed by atoms with Gasteiger partial charge in [-0.2, -0.15) is 4.31 Å². The third kappa shape index (κ3) is 3.03. The molecule has 0 N–H and O–H groups in total. The van der Waals surface area contributed by atoms with Crippen LogP contribution in [0.3, 0.4) is 0 Å². The number of hydrogen-bond donors (Lipinski definition) is 0. The van der Waals surface area contributed by atoms with Crippen molar-refractivity contribution >= 4 is 21.5 Å². The number of sulfonamides is 1. The van der Waals surface area contributed by atoms with E-state index in [1.807, 2.05) is 0 Å². The van der Waals surface area contributed by atoms with Crippen molar-refractivity contribution in [2.24, 2.45) is 0 Å². The Morgan fingerprint density at radius 2 is 1.90 bits per heavy atom. The number of hydrogen-bond acceptors (Lipinski definition) is 6. The van der Waals surface area contributed by atoms with E-state index < -0.39 is 20.6 Å². The summed E-state index contributed by atoms with van der Waals surface area (Å²) in [6.07, 6.45) is 0.328. The lowest BCUT2D eigenvalue weighted by Gasteiger charge is -2.25. The van der Waals surface area contributed by atoms with Gasteiger partial charge in [-0.05, 0) is 12.1 Å². The van der Waals surface area contributed by atoms with Crippen LogP contribution in [0.4, 0.5) is 5.69 Å². The molecule has 114 valence electrons. The molecule has 1 aromatic rings. The van der Waals surface area contributed by atoms with Crippen LogP contribution in [0.15, 0.2) is 23.1 Å². The van der Waals surface area contributed by atoms with E-state index in [0.29, 0.717) is 0 Å². The molecule has 1 heterocycles. The van der Waals surface area contributed by atoms with E-state index in [2.05, 4.69) is 0 Å². The highest BCUT2D eigenvalue weighted by atomic mass is 32.2. The number of carbonyl (C=O) groups excluding carboxylic acids is 1. The molecule has 1 fully saturated rings. The van der Waals surface area contributed by atoms with Crippen LogP contribution in [-0.4, -0.2) is 43.6 Å². The Balaban J connectivity index is 2.38. The summed E-state index contributed by atoms with van der Waals surface area (Å²) >= 11 is 0. The highest BCUT2D eigenvalue weighted by Gasteiger charge is 2.30. The largest absolute Gasteiger partial charge is 0.490 e. The number of methoxy groups -OCH3 is 1. The van der Waals surface area contributed by atoms with Crippen LogP contribution in [0.1, 0.15) is 12.8 Å². The summed E-state index contributed by atoms with van der Waals surface area (Å²) in [5.41, 5.74) is -0.410. The van der Waals surface area contributed by atoms with E-state index in [-0.39, 0.29) is 42.4 Å². The standard InChI is InChI=1S/C12H14N2O6S/c1-20-12-3-2-10(8-11(12)14(16)17)21(18,19)13-6-4-9(15)5-7-13/h2-3,8H,4-7H2,1H3. The molecule has 0 atom stereocenters. The maximum atomic E-state index is 12.4. The minimum absolute atomic E-state index is 0.00669. The van der Waals surface area contributed by atoms with Crippen LogP contribution in [-0.2, 0) is 14.8 Å². The number of nitro groups is 1. The first-order chi connectivity index (χ1) is 9.86. The monoisotopic (exact) mass is 314 g/mol. The van der Waals surface area contributed by atoms with Gasteiger partial charge in [0.15, 0.2) is 5.75 Å². The summed E-state index contributed by atoms with van der Waals surface area (Å²) < 4.78 is 30.8. The molecule has 1 aromatic carbocycles. The maximum Gasteiger partial charge on any atom is 0.312 e. The highest BCUT2D eigenvalue weighted by Crippen LogP contribution is 2.31. The molecule has 0 unspecified atom stereocenters. The van der Waals surface area contributed by atoms with E-state index in [1.54, 1.807) is 0 Å². The summed E-state index contributed by atoms with van der Waals surface area (Å²) in [7, 11) is -2.57. The molecular weight excluding hydrogens is 300 g/mol. The number of ether oxygens (including phenoxy) is 1. The van der Waals surface area contributed by atoms with Gasteiger partial charge in [-0.15, -0.1) is 0 Å². The van der Waals surface area contributed by atoms with Gasteiger partial charge < -0.3 is 4.74 Å². The Labute approximate surface area is 121 Å². The number of ketones is 1. The van der Waals surface area contributed by atoms with Crippen molar-refractivity contribution in [3.63, 3.8) is 0 Å². The molecule has 8 nitrogen and oxygen atoms in total. The van der Waals surface area contributed by atoms with Crippen molar-refractivity contribution in [2.75, 3.05) is 20.2 Å². The zero-order valence-corrected chi connectivity index (χ0v) is 12.1. The predicted octanol–water partition coefficient (Wildman–Crippen LogP) is 0.957. The van der Waals surface area contributed by atoms with Crippen LogP contribution < -0.4 is 4.74 Å². The average molecular weight is 314 g/mol. The van der Waals surface area contributed by atoms with Gasteiger partial charge in [0.1, 0.15) is 5.78 Å². The number of piperidine rings is 1. The first-order valence-electron chi connectivity index (χ1n) is 6.20. The Morgan fingerprint density at radius 3 is 2.43 bits per heavy atom. The van der Waals surface area contributed by atoms with Gasteiger partial charge in [-0.25, -0.2) is 8.42 Å². The second-order valence-corrected chi connectivity index (χ2v) is 6.47. The van der Waals surface area contributed by atoms with Gasteiger partial charge in [0.2, 0.25) is 10.0 Å². The van der Waals surface area contributed by atoms with Crippen molar-refractivity contribution < 1.29 is 22.9 Å². The second-order valence-electron chi connectivity index (χ2n) is 4.53. The molecule has 0 spiro atoms. The number of carbonyl (C=O) groups is 1. The van der Waals surface area contributed by atoms with Crippen LogP contribution in [0.5, 0.6) is 5.75 Å². The number of rotatable bonds is 4. The maximum absolute atomic E-state index is 12.4. The summed E-state index contributed by atoms with van der Waals surface area (Å²) in [4.78, 5) is 21.2. The third-order valence-electron chi connectivity index (χ3n) is 3.26. The predicted molar refractivity (Wildman–Crippen MR) is 72.6 cm³/mol. The zero-order chi connectivity index (χ0) is 15.6. The molecule has 0 amide bonds. The summed E-state index contributed by atoms with van der Waals surface area (Å²) in [6, 6.07) is 3.49. The molecule has 0 saturated carbocycles.